The average molecular weight is 451 g/mol. The van der Waals surface area contributed by atoms with Crippen LogP contribution in [0.5, 0.6) is 11.5 Å². The number of aldehydes is 1. The minimum Gasteiger partial charge on any atom is -0.489 e. The Balaban J connectivity index is 2.16. The van der Waals surface area contributed by atoms with Gasteiger partial charge in [0.2, 0.25) is 0 Å². The maximum absolute atomic E-state index is 12.7. The highest BCUT2D eigenvalue weighted by molar-refractivity contribution is 5.71. The molecule has 0 fully saturated rings. The summed E-state index contributed by atoms with van der Waals surface area (Å²) in [7, 11) is 0. The van der Waals surface area contributed by atoms with E-state index < -0.39 is 18.2 Å². The van der Waals surface area contributed by atoms with Crippen molar-refractivity contribution in [2.45, 2.75) is 45.1 Å². The molecule has 0 unspecified atom stereocenters. The standard InChI is InChI=1S/C23H24F3NO5/c1-14(2)18-8-3-15(11-21(18)32-23(24,25)26)13-31-17-6-4-16(5-7-17)19(12-22(29)30)20(27)9-10-28/h3-11,14,19H,12-13,27H2,1-2H3,(H,29,30)/t19-/m0/s1. The first-order valence-corrected chi connectivity index (χ1v) is 9.74. The molecule has 2 rings (SSSR count). The second kappa shape index (κ2) is 10.7. The van der Waals surface area contributed by atoms with E-state index in [1.165, 1.54) is 6.07 Å². The summed E-state index contributed by atoms with van der Waals surface area (Å²) in [5.74, 6) is -1.75. The summed E-state index contributed by atoms with van der Waals surface area (Å²) in [6.07, 6.45) is -3.49. The molecule has 0 aliphatic heterocycles. The van der Waals surface area contributed by atoms with E-state index in [-0.39, 0.29) is 30.4 Å². The van der Waals surface area contributed by atoms with Crippen molar-refractivity contribution in [3.8, 4) is 11.5 Å². The number of carboxylic acid groups (broad SMARTS) is 1. The summed E-state index contributed by atoms with van der Waals surface area (Å²) in [6.45, 7) is 3.54. The zero-order valence-corrected chi connectivity index (χ0v) is 17.6. The lowest BCUT2D eigenvalue weighted by molar-refractivity contribution is -0.275. The fourth-order valence-electron chi connectivity index (χ4n) is 3.12. The fraction of sp³-hybridized carbons (Fsp3) is 0.304. The lowest BCUT2D eigenvalue weighted by Crippen LogP contribution is -2.18. The first-order chi connectivity index (χ1) is 15.0. The highest BCUT2D eigenvalue weighted by Crippen LogP contribution is 2.33. The van der Waals surface area contributed by atoms with Crippen molar-refractivity contribution in [1.29, 1.82) is 0 Å². The molecule has 2 aromatic rings. The van der Waals surface area contributed by atoms with Crippen LogP contribution in [-0.2, 0) is 16.2 Å². The van der Waals surface area contributed by atoms with Crippen molar-refractivity contribution in [2.24, 2.45) is 5.73 Å². The van der Waals surface area contributed by atoms with Gasteiger partial charge in [0.05, 0.1) is 6.42 Å². The Morgan fingerprint density at radius 3 is 2.34 bits per heavy atom. The molecular weight excluding hydrogens is 427 g/mol. The van der Waals surface area contributed by atoms with Crippen molar-refractivity contribution in [3.05, 3.63) is 70.9 Å². The molecule has 2 aromatic carbocycles. The number of alkyl halides is 3. The Labute approximate surface area is 183 Å². The van der Waals surface area contributed by atoms with Gasteiger partial charge >= 0.3 is 12.3 Å². The maximum Gasteiger partial charge on any atom is 0.573 e. The van der Waals surface area contributed by atoms with Gasteiger partial charge in [0, 0.05) is 11.6 Å². The number of carbonyl (C=O) groups is 2. The van der Waals surface area contributed by atoms with Crippen LogP contribution < -0.4 is 15.2 Å². The van der Waals surface area contributed by atoms with Crippen molar-refractivity contribution in [2.75, 3.05) is 0 Å². The van der Waals surface area contributed by atoms with Crippen LogP contribution in [0.2, 0.25) is 0 Å². The summed E-state index contributed by atoms with van der Waals surface area (Å²) in [4.78, 5) is 21.8. The quantitative estimate of drug-likeness (QED) is 0.394. The third kappa shape index (κ3) is 7.33. The minimum atomic E-state index is -4.80. The average Bonchev–Trinajstić information content (AvgIpc) is 2.69. The number of aliphatic carboxylic acids is 1. The molecule has 6 nitrogen and oxygen atoms in total. The predicted molar refractivity (Wildman–Crippen MR) is 111 cm³/mol. The van der Waals surface area contributed by atoms with E-state index >= 15 is 0 Å². The molecule has 1 atom stereocenters. The van der Waals surface area contributed by atoms with Crippen LogP contribution in [0.4, 0.5) is 13.2 Å². The molecule has 172 valence electrons. The van der Waals surface area contributed by atoms with Crippen LogP contribution in [0.25, 0.3) is 0 Å². The second-order valence-electron chi connectivity index (χ2n) is 7.39. The zero-order valence-electron chi connectivity index (χ0n) is 17.6. The highest BCUT2D eigenvalue weighted by Gasteiger charge is 2.32. The molecule has 0 aliphatic rings. The Kier molecular flexibility index (Phi) is 8.28. The molecule has 0 aromatic heterocycles. The number of benzene rings is 2. The van der Waals surface area contributed by atoms with Gasteiger partial charge in [0.15, 0.2) is 0 Å². The van der Waals surface area contributed by atoms with Gasteiger partial charge in [-0.2, -0.15) is 0 Å². The number of halogens is 3. The molecule has 0 aliphatic carbocycles. The Hall–Kier alpha value is -3.49. The van der Waals surface area contributed by atoms with Crippen LogP contribution in [0.3, 0.4) is 0 Å². The molecule has 0 heterocycles. The second-order valence-corrected chi connectivity index (χ2v) is 7.39. The van der Waals surface area contributed by atoms with Gasteiger partial charge in [-0.25, -0.2) is 0 Å². The van der Waals surface area contributed by atoms with Gasteiger partial charge in [-0.15, -0.1) is 13.2 Å². The third-order valence-electron chi connectivity index (χ3n) is 4.66. The Morgan fingerprint density at radius 1 is 1.16 bits per heavy atom. The Bertz CT molecular complexity index is 969. The van der Waals surface area contributed by atoms with Gasteiger partial charge in [-0.3, -0.25) is 9.59 Å². The van der Waals surface area contributed by atoms with E-state index in [1.807, 2.05) is 0 Å². The smallest absolute Gasteiger partial charge is 0.489 e. The molecule has 0 spiro atoms. The number of carboxylic acids is 1. The molecule has 0 bridgehead atoms. The van der Waals surface area contributed by atoms with Crippen molar-refractivity contribution in [1.82, 2.24) is 0 Å². The zero-order chi connectivity index (χ0) is 23.9. The predicted octanol–water partition coefficient (Wildman–Crippen LogP) is 4.89. The van der Waals surface area contributed by atoms with E-state index in [1.54, 1.807) is 50.2 Å². The van der Waals surface area contributed by atoms with E-state index in [4.69, 9.17) is 15.6 Å². The molecule has 0 saturated carbocycles. The summed E-state index contributed by atoms with van der Waals surface area (Å²) in [5.41, 5.74) is 7.44. The largest absolute Gasteiger partial charge is 0.573 e. The SMILES string of the molecule is CC(C)c1ccc(COc2ccc([C@H](CC(=O)O)C(N)=CC=O)cc2)cc1OC(F)(F)F. The number of ether oxygens (including phenoxy) is 2. The van der Waals surface area contributed by atoms with Gasteiger partial charge in [0.25, 0.3) is 0 Å². The van der Waals surface area contributed by atoms with E-state index in [0.717, 1.165) is 6.08 Å². The summed E-state index contributed by atoms with van der Waals surface area (Å²) < 4.78 is 48.0. The molecule has 0 radical (unpaired) electrons. The summed E-state index contributed by atoms with van der Waals surface area (Å²) in [5, 5.41) is 9.10. The van der Waals surface area contributed by atoms with Crippen molar-refractivity contribution in [3.63, 3.8) is 0 Å². The number of rotatable bonds is 10. The maximum atomic E-state index is 12.7. The van der Waals surface area contributed by atoms with Gasteiger partial charge in [-0.05, 0) is 46.9 Å². The molecule has 9 heteroatoms. The molecule has 0 amide bonds. The van der Waals surface area contributed by atoms with Crippen LogP contribution in [0, 0.1) is 0 Å². The third-order valence-corrected chi connectivity index (χ3v) is 4.66. The molecule has 32 heavy (non-hydrogen) atoms. The van der Waals surface area contributed by atoms with Crippen molar-refractivity contribution < 1.29 is 37.3 Å². The normalized spacial score (nSPS) is 13.0. The number of nitrogens with two attached hydrogens (primary N) is 1. The van der Waals surface area contributed by atoms with Gasteiger partial charge < -0.3 is 20.3 Å². The first kappa shape index (κ1) is 24.8. The van der Waals surface area contributed by atoms with Crippen LogP contribution in [0.15, 0.2) is 54.2 Å². The minimum absolute atomic E-state index is 0.00230. The van der Waals surface area contributed by atoms with Crippen LogP contribution in [-0.4, -0.2) is 23.7 Å². The number of carbonyl (C=O) groups excluding carboxylic acids is 1. The Morgan fingerprint density at radius 2 is 1.81 bits per heavy atom. The van der Waals surface area contributed by atoms with E-state index in [0.29, 0.717) is 28.7 Å². The summed E-state index contributed by atoms with van der Waals surface area (Å²) in [6, 6.07) is 11.0. The fourth-order valence-corrected chi connectivity index (χ4v) is 3.12. The number of hydrogen-bond acceptors (Lipinski definition) is 5. The molecular formula is C23H24F3NO5. The highest BCUT2D eigenvalue weighted by atomic mass is 19.4. The van der Waals surface area contributed by atoms with Crippen molar-refractivity contribution >= 4 is 12.3 Å². The van der Waals surface area contributed by atoms with Crippen LogP contribution in [0.1, 0.15) is 48.8 Å². The van der Waals surface area contributed by atoms with Gasteiger partial charge in [-0.1, -0.05) is 38.1 Å². The summed E-state index contributed by atoms with van der Waals surface area (Å²) >= 11 is 0. The lowest BCUT2D eigenvalue weighted by Gasteiger charge is -2.17. The van der Waals surface area contributed by atoms with E-state index in [9.17, 15) is 22.8 Å². The monoisotopic (exact) mass is 451 g/mol. The number of allylic oxidation sites excluding steroid dienone is 2. The number of hydrogen-bond donors (Lipinski definition) is 2. The van der Waals surface area contributed by atoms with Gasteiger partial charge in [0.1, 0.15) is 24.4 Å². The molecule has 0 saturated heterocycles. The van der Waals surface area contributed by atoms with Crippen LogP contribution >= 0.6 is 0 Å². The first-order valence-electron chi connectivity index (χ1n) is 9.74. The van der Waals surface area contributed by atoms with E-state index in [2.05, 4.69) is 4.74 Å². The molecule has 3 N–H and O–H groups in total. The lowest BCUT2D eigenvalue weighted by atomic mass is 9.92. The topological polar surface area (TPSA) is 98.9 Å².